The summed E-state index contributed by atoms with van der Waals surface area (Å²) in [4.78, 5) is 13.8. The molecule has 0 fully saturated rings. The fourth-order valence-electron chi connectivity index (χ4n) is 6.15. The molecule has 0 saturated carbocycles. The van der Waals surface area contributed by atoms with Crippen molar-refractivity contribution < 1.29 is 14.2 Å². The van der Waals surface area contributed by atoms with Crippen molar-refractivity contribution in [2.75, 3.05) is 39.5 Å². The first-order valence-corrected chi connectivity index (χ1v) is 16.3. The van der Waals surface area contributed by atoms with Crippen molar-refractivity contribution >= 4 is 17.7 Å². The van der Waals surface area contributed by atoms with Crippen molar-refractivity contribution in [1.82, 2.24) is 0 Å². The van der Waals surface area contributed by atoms with Gasteiger partial charge < -0.3 is 14.2 Å². The largest absolute Gasteiger partial charge is 0.479 e. The van der Waals surface area contributed by atoms with E-state index in [0.29, 0.717) is 17.8 Å². The highest BCUT2D eigenvalue weighted by Crippen LogP contribution is 2.25. The molecule has 0 radical (unpaired) electrons. The van der Waals surface area contributed by atoms with E-state index in [0.717, 1.165) is 63.6 Å². The molecule has 0 saturated heterocycles. The van der Waals surface area contributed by atoms with Gasteiger partial charge in [0.05, 0.1) is 19.6 Å². The smallest absolute Gasteiger partial charge is 0.186 e. The van der Waals surface area contributed by atoms with E-state index in [1.807, 2.05) is 0 Å². The van der Waals surface area contributed by atoms with Crippen LogP contribution in [0.2, 0.25) is 0 Å². The van der Waals surface area contributed by atoms with E-state index in [2.05, 4.69) is 28.8 Å². The third-order valence-electron chi connectivity index (χ3n) is 8.48. The quantitative estimate of drug-likeness (QED) is 0.125. The SMILES string of the molecule is CCCCC(CCCCCCCC(CCCCCCCC(CC)C1=NCCO1)C1=NCCO1)C1=NCCO1. The highest BCUT2D eigenvalue weighted by molar-refractivity contribution is 5.80. The van der Waals surface area contributed by atoms with Crippen LogP contribution in [0.3, 0.4) is 0 Å². The van der Waals surface area contributed by atoms with Crippen LogP contribution in [0.5, 0.6) is 0 Å². The summed E-state index contributed by atoms with van der Waals surface area (Å²) in [5, 5.41) is 0. The van der Waals surface area contributed by atoms with Gasteiger partial charge in [-0.15, -0.1) is 0 Å². The molecule has 0 aromatic heterocycles. The summed E-state index contributed by atoms with van der Waals surface area (Å²) < 4.78 is 17.4. The van der Waals surface area contributed by atoms with Gasteiger partial charge in [0.1, 0.15) is 19.8 Å². The zero-order valence-electron chi connectivity index (χ0n) is 24.8. The molecular weight excluding hydrogens is 474 g/mol. The van der Waals surface area contributed by atoms with Crippen molar-refractivity contribution in [2.24, 2.45) is 32.7 Å². The Bertz CT molecular complexity index is 721. The van der Waals surface area contributed by atoms with Crippen molar-refractivity contribution in [2.45, 2.75) is 129 Å². The van der Waals surface area contributed by atoms with E-state index in [-0.39, 0.29) is 0 Å². The Morgan fingerprint density at radius 3 is 1.16 bits per heavy atom. The number of ether oxygens (including phenoxy) is 3. The van der Waals surface area contributed by atoms with Gasteiger partial charge in [0.2, 0.25) is 0 Å². The minimum atomic E-state index is 0.537. The molecule has 0 amide bonds. The van der Waals surface area contributed by atoms with Gasteiger partial charge in [-0.2, -0.15) is 0 Å². The lowest BCUT2D eigenvalue weighted by Gasteiger charge is -2.17. The average molecular weight is 532 g/mol. The Balaban J connectivity index is 1.23. The lowest BCUT2D eigenvalue weighted by molar-refractivity contribution is 0.307. The Hall–Kier alpha value is -1.59. The van der Waals surface area contributed by atoms with E-state index >= 15 is 0 Å². The van der Waals surface area contributed by atoms with Gasteiger partial charge in [-0.1, -0.05) is 90.9 Å². The molecule has 3 rings (SSSR count). The maximum atomic E-state index is 5.90. The number of unbranched alkanes of at least 4 members (excludes halogenated alkanes) is 9. The van der Waals surface area contributed by atoms with E-state index in [1.165, 1.54) is 109 Å². The Labute approximate surface area is 233 Å². The van der Waals surface area contributed by atoms with E-state index in [1.54, 1.807) is 0 Å². The summed E-state index contributed by atoms with van der Waals surface area (Å²) in [7, 11) is 0. The normalized spacial score (nSPS) is 19.3. The van der Waals surface area contributed by atoms with Gasteiger partial charge in [-0.05, 0) is 38.5 Å². The Morgan fingerprint density at radius 2 is 0.816 bits per heavy atom. The molecule has 3 aliphatic heterocycles. The first-order valence-electron chi connectivity index (χ1n) is 16.3. The highest BCUT2D eigenvalue weighted by Gasteiger charge is 2.22. The maximum Gasteiger partial charge on any atom is 0.186 e. The van der Waals surface area contributed by atoms with Gasteiger partial charge in [-0.25, -0.2) is 0 Å². The molecule has 38 heavy (non-hydrogen) atoms. The lowest BCUT2D eigenvalue weighted by atomic mass is 9.92. The molecule has 0 aromatic rings. The summed E-state index contributed by atoms with van der Waals surface area (Å²) >= 11 is 0. The van der Waals surface area contributed by atoms with Crippen LogP contribution in [0.25, 0.3) is 0 Å². The van der Waals surface area contributed by atoms with Gasteiger partial charge in [0, 0.05) is 17.8 Å². The fraction of sp³-hybridized carbons (Fsp3) is 0.906. The minimum absolute atomic E-state index is 0.537. The number of hydrogen-bond donors (Lipinski definition) is 0. The Kier molecular flexibility index (Phi) is 15.9. The van der Waals surface area contributed by atoms with Crippen molar-refractivity contribution in [3.63, 3.8) is 0 Å². The first kappa shape index (κ1) is 30.9. The second-order valence-electron chi connectivity index (χ2n) is 11.5. The van der Waals surface area contributed by atoms with Crippen molar-refractivity contribution in [1.29, 1.82) is 0 Å². The van der Waals surface area contributed by atoms with Crippen LogP contribution in [-0.4, -0.2) is 57.1 Å². The Morgan fingerprint density at radius 1 is 0.474 bits per heavy atom. The molecular formula is C32H57N3O3. The molecule has 3 aliphatic rings. The number of aliphatic imine (C=N–C) groups is 3. The monoisotopic (exact) mass is 531 g/mol. The summed E-state index contributed by atoms with van der Waals surface area (Å²) in [5.41, 5.74) is 0. The van der Waals surface area contributed by atoms with Crippen molar-refractivity contribution in [3.05, 3.63) is 0 Å². The van der Waals surface area contributed by atoms with Crippen LogP contribution in [0.1, 0.15) is 129 Å². The number of nitrogens with zero attached hydrogens (tertiary/aromatic N) is 3. The zero-order chi connectivity index (χ0) is 26.7. The molecule has 3 atom stereocenters. The number of rotatable bonds is 23. The first-order chi connectivity index (χ1) is 18.8. The molecule has 0 bridgehead atoms. The summed E-state index contributed by atoms with van der Waals surface area (Å²) in [5.74, 6) is 4.77. The molecule has 0 aliphatic carbocycles. The van der Waals surface area contributed by atoms with E-state index in [4.69, 9.17) is 14.2 Å². The van der Waals surface area contributed by atoms with Crippen LogP contribution in [0.4, 0.5) is 0 Å². The standard InChI is InChI=1S/C32H57N3O3/c1-3-5-16-28(31-34-22-25-37-31)18-13-10-7-11-15-20-29(32-35-23-26-38-32)19-14-9-6-8-12-17-27(4-2)30-33-21-24-36-30/h27-29H,3-26H2,1-2H3. The fourth-order valence-corrected chi connectivity index (χ4v) is 6.15. The minimum Gasteiger partial charge on any atom is -0.479 e. The second-order valence-corrected chi connectivity index (χ2v) is 11.5. The summed E-state index contributed by atoms with van der Waals surface area (Å²) in [6.07, 6.45) is 23.0. The van der Waals surface area contributed by atoms with Crippen LogP contribution in [0.15, 0.2) is 15.0 Å². The van der Waals surface area contributed by atoms with Gasteiger partial charge >= 0.3 is 0 Å². The molecule has 0 spiro atoms. The third-order valence-corrected chi connectivity index (χ3v) is 8.48. The molecule has 0 aromatic carbocycles. The molecule has 6 heteroatoms. The second kappa shape index (κ2) is 19.5. The lowest BCUT2D eigenvalue weighted by Crippen LogP contribution is -2.15. The van der Waals surface area contributed by atoms with Crippen LogP contribution >= 0.6 is 0 Å². The van der Waals surface area contributed by atoms with Gasteiger partial charge in [0.25, 0.3) is 0 Å². The molecule has 218 valence electrons. The van der Waals surface area contributed by atoms with Crippen LogP contribution < -0.4 is 0 Å². The maximum absolute atomic E-state index is 5.90. The van der Waals surface area contributed by atoms with Crippen molar-refractivity contribution in [3.8, 4) is 0 Å². The highest BCUT2D eigenvalue weighted by atomic mass is 16.5. The van der Waals surface area contributed by atoms with Crippen LogP contribution in [-0.2, 0) is 14.2 Å². The molecule has 3 unspecified atom stereocenters. The number of hydrogen-bond acceptors (Lipinski definition) is 6. The van der Waals surface area contributed by atoms with E-state index in [9.17, 15) is 0 Å². The van der Waals surface area contributed by atoms with E-state index < -0.39 is 0 Å². The summed E-state index contributed by atoms with van der Waals surface area (Å²) in [6, 6.07) is 0. The average Bonchev–Trinajstić information content (AvgIpc) is 3.74. The third kappa shape index (κ3) is 11.7. The topological polar surface area (TPSA) is 64.8 Å². The van der Waals surface area contributed by atoms with Gasteiger partial charge in [0.15, 0.2) is 17.7 Å². The summed E-state index contributed by atoms with van der Waals surface area (Å²) in [6.45, 7) is 9.47. The molecule has 0 N–H and O–H groups in total. The zero-order valence-corrected chi connectivity index (χ0v) is 24.8. The predicted octanol–water partition coefficient (Wildman–Crippen LogP) is 8.18. The van der Waals surface area contributed by atoms with Crippen LogP contribution in [0, 0.1) is 17.8 Å². The molecule has 3 heterocycles. The van der Waals surface area contributed by atoms with Gasteiger partial charge in [-0.3, -0.25) is 15.0 Å². The predicted molar refractivity (Wildman–Crippen MR) is 160 cm³/mol. The molecule has 6 nitrogen and oxygen atoms in total.